The molecule has 0 spiro atoms. The van der Waals surface area contributed by atoms with Crippen molar-refractivity contribution in [3.05, 3.63) is 23.8 Å². The molecule has 2 fully saturated rings. The number of hydrogen-bond donors (Lipinski definition) is 2. The van der Waals surface area contributed by atoms with Crippen LogP contribution in [0.15, 0.2) is 23.2 Å². The van der Waals surface area contributed by atoms with Gasteiger partial charge in [0.05, 0.1) is 32.0 Å². The van der Waals surface area contributed by atoms with Gasteiger partial charge >= 0.3 is 0 Å². The van der Waals surface area contributed by atoms with Crippen molar-refractivity contribution in [1.29, 1.82) is 0 Å². The van der Waals surface area contributed by atoms with Crippen LogP contribution in [0.1, 0.15) is 38.2 Å². The lowest BCUT2D eigenvalue weighted by molar-refractivity contribution is 0.0992. The van der Waals surface area contributed by atoms with E-state index in [0.717, 1.165) is 42.3 Å². The number of guanidine groups is 1. The summed E-state index contributed by atoms with van der Waals surface area (Å²) in [6.45, 7) is 3.45. The molecule has 0 aromatic heterocycles. The van der Waals surface area contributed by atoms with Crippen LogP contribution in [-0.4, -0.2) is 45.0 Å². The van der Waals surface area contributed by atoms with Crippen molar-refractivity contribution < 1.29 is 14.2 Å². The monoisotopic (exact) mass is 347 g/mol. The highest BCUT2D eigenvalue weighted by molar-refractivity contribution is 5.80. The van der Waals surface area contributed by atoms with E-state index in [4.69, 9.17) is 14.2 Å². The second-order valence-corrected chi connectivity index (χ2v) is 6.62. The van der Waals surface area contributed by atoms with E-state index in [-0.39, 0.29) is 0 Å². The fourth-order valence-corrected chi connectivity index (χ4v) is 3.50. The van der Waals surface area contributed by atoms with Crippen molar-refractivity contribution in [2.45, 2.75) is 57.4 Å². The van der Waals surface area contributed by atoms with E-state index in [9.17, 15) is 0 Å². The number of nitrogens with zero attached hydrogens (tertiary/aromatic N) is 1. The van der Waals surface area contributed by atoms with E-state index >= 15 is 0 Å². The zero-order valence-corrected chi connectivity index (χ0v) is 15.4. The highest BCUT2D eigenvalue weighted by atomic mass is 16.5. The Morgan fingerprint density at radius 3 is 2.84 bits per heavy atom. The second kappa shape index (κ2) is 8.43. The molecule has 0 amide bonds. The molecule has 0 radical (unpaired) electrons. The molecule has 2 bridgehead atoms. The standard InChI is InChI=1S/C19H29N3O3/c1-4-9-24-17-7-5-13(10-18(17)23-3)12-21-19(20-2)22-15-11-14-6-8-16(15)25-14/h5,7,10,14-16H,4,6,8-9,11-12H2,1-3H3,(H2,20,21,22). The molecule has 0 aliphatic carbocycles. The molecule has 25 heavy (non-hydrogen) atoms. The van der Waals surface area contributed by atoms with Crippen molar-refractivity contribution in [3.63, 3.8) is 0 Å². The average molecular weight is 347 g/mol. The molecule has 2 aliphatic rings. The maximum absolute atomic E-state index is 5.89. The lowest BCUT2D eigenvalue weighted by Gasteiger charge is -2.22. The highest BCUT2D eigenvalue weighted by Crippen LogP contribution is 2.34. The Morgan fingerprint density at radius 1 is 1.32 bits per heavy atom. The Bertz CT molecular complexity index is 606. The number of methoxy groups -OCH3 is 1. The average Bonchev–Trinajstić information content (AvgIpc) is 3.26. The molecule has 6 heteroatoms. The summed E-state index contributed by atoms with van der Waals surface area (Å²) in [5.74, 6) is 2.36. The summed E-state index contributed by atoms with van der Waals surface area (Å²) in [5.41, 5.74) is 1.12. The molecule has 3 rings (SSSR count). The molecule has 3 atom stereocenters. The number of benzene rings is 1. The lowest BCUT2D eigenvalue weighted by Crippen LogP contribution is -2.47. The first-order chi connectivity index (χ1) is 12.2. The van der Waals surface area contributed by atoms with Crippen LogP contribution >= 0.6 is 0 Å². The molecule has 0 saturated carbocycles. The normalized spacial score (nSPS) is 25.1. The smallest absolute Gasteiger partial charge is 0.191 e. The summed E-state index contributed by atoms with van der Waals surface area (Å²) >= 11 is 0. The minimum Gasteiger partial charge on any atom is -0.493 e. The molecular formula is C19H29N3O3. The number of aliphatic imine (C=N–C) groups is 1. The molecule has 2 saturated heterocycles. The zero-order chi connectivity index (χ0) is 17.6. The Labute approximate surface area is 149 Å². The Kier molecular flexibility index (Phi) is 6.02. The van der Waals surface area contributed by atoms with Gasteiger partial charge in [0.15, 0.2) is 17.5 Å². The Morgan fingerprint density at radius 2 is 2.20 bits per heavy atom. The van der Waals surface area contributed by atoms with Crippen LogP contribution in [0, 0.1) is 0 Å². The van der Waals surface area contributed by atoms with Gasteiger partial charge in [0.2, 0.25) is 0 Å². The van der Waals surface area contributed by atoms with Crippen molar-refractivity contribution >= 4 is 5.96 Å². The molecule has 3 unspecified atom stereocenters. The van der Waals surface area contributed by atoms with Crippen LogP contribution in [0.25, 0.3) is 0 Å². The van der Waals surface area contributed by atoms with Crippen LogP contribution in [0.5, 0.6) is 11.5 Å². The fraction of sp³-hybridized carbons (Fsp3) is 0.632. The van der Waals surface area contributed by atoms with Gasteiger partial charge in [-0.2, -0.15) is 0 Å². The molecule has 6 nitrogen and oxygen atoms in total. The van der Waals surface area contributed by atoms with E-state index < -0.39 is 0 Å². The zero-order valence-electron chi connectivity index (χ0n) is 15.4. The van der Waals surface area contributed by atoms with Gasteiger partial charge in [-0.25, -0.2) is 0 Å². The van der Waals surface area contributed by atoms with Gasteiger partial charge in [0, 0.05) is 13.6 Å². The van der Waals surface area contributed by atoms with E-state index in [2.05, 4.69) is 28.6 Å². The SMILES string of the molecule is CCCOc1ccc(CNC(=NC)NC2CC3CCC2O3)cc1OC. The first-order valence-corrected chi connectivity index (χ1v) is 9.15. The van der Waals surface area contributed by atoms with E-state index in [1.807, 2.05) is 12.1 Å². The largest absolute Gasteiger partial charge is 0.493 e. The molecule has 2 N–H and O–H groups in total. The van der Waals surface area contributed by atoms with Crippen molar-refractivity contribution in [1.82, 2.24) is 10.6 Å². The van der Waals surface area contributed by atoms with Crippen molar-refractivity contribution in [2.24, 2.45) is 4.99 Å². The molecule has 1 aromatic carbocycles. The lowest BCUT2D eigenvalue weighted by atomic mass is 9.96. The summed E-state index contributed by atoms with van der Waals surface area (Å²) < 4.78 is 17.0. The van der Waals surface area contributed by atoms with Gasteiger partial charge in [-0.15, -0.1) is 0 Å². The predicted molar refractivity (Wildman–Crippen MR) is 98.4 cm³/mol. The molecule has 2 aliphatic heterocycles. The van der Waals surface area contributed by atoms with Gasteiger partial charge < -0.3 is 24.8 Å². The fourth-order valence-electron chi connectivity index (χ4n) is 3.50. The number of rotatable bonds is 7. The summed E-state index contributed by atoms with van der Waals surface area (Å²) in [6.07, 6.45) is 5.15. The van der Waals surface area contributed by atoms with E-state index in [1.165, 1.54) is 6.42 Å². The summed E-state index contributed by atoms with van der Waals surface area (Å²) in [4.78, 5) is 4.33. The first kappa shape index (κ1) is 17.9. The summed E-state index contributed by atoms with van der Waals surface area (Å²) in [6, 6.07) is 6.38. The Hall–Kier alpha value is -1.95. The third-order valence-corrected chi connectivity index (χ3v) is 4.80. The Balaban J connectivity index is 1.54. The summed E-state index contributed by atoms with van der Waals surface area (Å²) in [5, 5.41) is 6.87. The number of fused-ring (bicyclic) bond motifs is 2. The van der Waals surface area contributed by atoms with E-state index in [0.29, 0.717) is 31.4 Å². The second-order valence-electron chi connectivity index (χ2n) is 6.62. The van der Waals surface area contributed by atoms with Gasteiger partial charge in [0.1, 0.15) is 0 Å². The topological polar surface area (TPSA) is 64.1 Å². The van der Waals surface area contributed by atoms with E-state index in [1.54, 1.807) is 14.2 Å². The third kappa shape index (κ3) is 4.37. The number of nitrogens with one attached hydrogen (secondary N) is 2. The quantitative estimate of drug-likeness (QED) is 0.586. The first-order valence-electron chi connectivity index (χ1n) is 9.15. The van der Waals surface area contributed by atoms with Gasteiger partial charge in [-0.05, 0) is 43.4 Å². The summed E-state index contributed by atoms with van der Waals surface area (Å²) in [7, 11) is 3.46. The molecule has 1 aromatic rings. The molecule has 2 heterocycles. The minimum absolute atomic E-state index is 0.332. The van der Waals surface area contributed by atoms with Gasteiger partial charge in [0.25, 0.3) is 0 Å². The van der Waals surface area contributed by atoms with Crippen LogP contribution in [0.3, 0.4) is 0 Å². The van der Waals surface area contributed by atoms with Gasteiger partial charge in [-0.3, -0.25) is 4.99 Å². The van der Waals surface area contributed by atoms with Crippen LogP contribution in [0.4, 0.5) is 0 Å². The predicted octanol–water partition coefficient (Wildman–Crippen LogP) is 2.47. The highest BCUT2D eigenvalue weighted by Gasteiger charge is 2.41. The minimum atomic E-state index is 0.332. The third-order valence-electron chi connectivity index (χ3n) is 4.80. The molecule has 138 valence electrons. The number of ether oxygens (including phenoxy) is 3. The van der Waals surface area contributed by atoms with Crippen molar-refractivity contribution in [2.75, 3.05) is 20.8 Å². The van der Waals surface area contributed by atoms with Crippen LogP contribution < -0.4 is 20.1 Å². The van der Waals surface area contributed by atoms with Crippen molar-refractivity contribution in [3.8, 4) is 11.5 Å². The molecular weight excluding hydrogens is 318 g/mol. The maximum Gasteiger partial charge on any atom is 0.191 e. The van der Waals surface area contributed by atoms with Crippen LogP contribution in [0.2, 0.25) is 0 Å². The number of hydrogen-bond acceptors (Lipinski definition) is 4. The van der Waals surface area contributed by atoms with Crippen LogP contribution in [-0.2, 0) is 11.3 Å². The maximum atomic E-state index is 5.89. The van der Waals surface area contributed by atoms with Gasteiger partial charge in [-0.1, -0.05) is 13.0 Å².